The summed E-state index contributed by atoms with van der Waals surface area (Å²) in [5.41, 5.74) is 2.70. The van der Waals surface area contributed by atoms with E-state index >= 15 is 0 Å². The molecule has 0 heterocycles. The third-order valence-electron chi connectivity index (χ3n) is 2.12. The van der Waals surface area contributed by atoms with Gasteiger partial charge in [-0.2, -0.15) is 0 Å². The van der Waals surface area contributed by atoms with E-state index in [1.54, 1.807) is 6.92 Å². The van der Waals surface area contributed by atoms with Crippen molar-refractivity contribution in [2.24, 2.45) is 0 Å². The Kier molecular flexibility index (Phi) is 4.10. The molecular formula is C13H16O2. The fraction of sp³-hybridized carbons (Fsp3) is 0.308. The molecule has 0 radical (unpaired) electrons. The van der Waals surface area contributed by atoms with E-state index in [4.69, 9.17) is 4.74 Å². The number of benzene rings is 1. The molecule has 0 aliphatic rings. The Morgan fingerprint density at radius 2 is 2.07 bits per heavy atom. The number of carbonyl (C=O) groups is 1. The van der Waals surface area contributed by atoms with E-state index in [9.17, 15) is 4.79 Å². The monoisotopic (exact) mass is 204 g/mol. The van der Waals surface area contributed by atoms with E-state index in [1.165, 1.54) is 5.56 Å². The number of carbonyl (C=O) groups excluding carboxylic acids is 1. The first kappa shape index (κ1) is 11.5. The van der Waals surface area contributed by atoms with Gasteiger partial charge >= 0.3 is 5.97 Å². The van der Waals surface area contributed by atoms with Gasteiger partial charge in [-0.3, -0.25) is 0 Å². The van der Waals surface area contributed by atoms with Crippen LogP contribution < -0.4 is 0 Å². The number of esters is 1. The van der Waals surface area contributed by atoms with Gasteiger partial charge in [-0.25, -0.2) is 4.79 Å². The Labute approximate surface area is 90.6 Å². The number of ether oxygens (including phenoxy) is 1. The summed E-state index contributed by atoms with van der Waals surface area (Å²) in [6.07, 6.45) is 0.988. The van der Waals surface area contributed by atoms with Crippen molar-refractivity contribution in [2.45, 2.75) is 26.9 Å². The van der Waals surface area contributed by atoms with E-state index in [-0.39, 0.29) is 5.97 Å². The molecule has 0 fully saturated rings. The van der Waals surface area contributed by atoms with Crippen LogP contribution in [0.15, 0.2) is 36.4 Å². The summed E-state index contributed by atoms with van der Waals surface area (Å²) in [7, 11) is 0. The van der Waals surface area contributed by atoms with Crippen LogP contribution in [0.4, 0.5) is 0 Å². The molecule has 2 nitrogen and oxygen atoms in total. The van der Waals surface area contributed by atoms with Crippen molar-refractivity contribution < 1.29 is 9.53 Å². The average Bonchev–Trinajstić information content (AvgIpc) is 2.26. The van der Waals surface area contributed by atoms with Crippen LogP contribution in [-0.4, -0.2) is 5.97 Å². The highest BCUT2D eigenvalue weighted by Gasteiger charge is 2.03. The molecule has 0 spiro atoms. The van der Waals surface area contributed by atoms with Gasteiger partial charge in [0.1, 0.15) is 6.61 Å². The zero-order valence-corrected chi connectivity index (χ0v) is 9.25. The second-order valence-electron chi connectivity index (χ2n) is 3.53. The van der Waals surface area contributed by atoms with Crippen molar-refractivity contribution in [3.05, 3.63) is 47.5 Å². The Morgan fingerprint density at radius 3 is 2.67 bits per heavy atom. The van der Waals surface area contributed by atoms with Gasteiger partial charge < -0.3 is 4.74 Å². The molecule has 1 rings (SSSR count). The van der Waals surface area contributed by atoms with Crippen molar-refractivity contribution in [1.29, 1.82) is 0 Å². The van der Waals surface area contributed by atoms with E-state index in [0.29, 0.717) is 12.2 Å². The van der Waals surface area contributed by atoms with Crippen LogP contribution >= 0.6 is 0 Å². The summed E-state index contributed by atoms with van der Waals surface area (Å²) in [6.45, 7) is 7.59. The summed E-state index contributed by atoms with van der Waals surface area (Å²) in [5, 5.41) is 0. The highest BCUT2D eigenvalue weighted by Crippen LogP contribution is 2.08. The lowest BCUT2D eigenvalue weighted by Gasteiger charge is -2.05. The number of aryl methyl sites for hydroxylation is 1. The molecule has 1 aromatic carbocycles. The second kappa shape index (κ2) is 5.35. The predicted octanol–water partition coefficient (Wildman–Crippen LogP) is 2.87. The van der Waals surface area contributed by atoms with E-state index < -0.39 is 0 Å². The lowest BCUT2D eigenvalue weighted by Crippen LogP contribution is -2.04. The third kappa shape index (κ3) is 3.58. The lowest BCUT2D eigenvalue weighted by molar-refractivity contribution is -0.140. The first-order valence-electron chi connectivity index (χ1n) is 5.04. The molecule has 0 aliphatic carbocycles. The van der Waals surface area contributed by atoms with Crippen LogP contribution in [0.5, 0.6) is 0 Å². The fourth-order valence-electron chi connectivity index (χ4n) is 1.21. The van der Waals surface area contributed by atoms with Crippen LogP contribution in [0, 0.1) is 0 Å². The SMILES string of the molecule is C=C(C)C(=O)OCc1cccc(CC)c1. The minimum atomic E-state index is -0.336. The smallest absolute Gasteiger partial charge is 0.333 e. The average molecular weight is 204 g/mol. The zero-order chi connectivity index (χ0) is 11.3. The molecule has 0 amide bonds. The maximum Gasteiger partial charge on any atom is 0.333 e. The van der Waals surface area contributed by atoms with E-state index in [2.05, 4.69) is 19.6 Å². The van der Waals surface area contributed by atoms with Crippen molar-refractivity contribution in [3.63, 3.8) is 0 Å². The number of rotatable bonds is 4. The topological polar surface area (TPSA) is 26.3 Å². The molecule has 15 heavy (non-hydrogen) atoms. The minimum Gasteiger partial charge on any atom is -0.457 e. The van der Waals surface area contributed by atoms with Crippen molar-refractivity contribution in [1.82, 2.24) is 0 Å². The summed E-state index contributed by atoms with van der Waals surface area (Å²) in [4.78, 5) is 11.1. The molecule has 0 aromatic heterocycles. The van der Waals surface area contributed by atoms with E-state index in [0.717, 1.165) is 12.0 Å². The molecule has 0 unspecified atom stereocenters. The third-order valence-corrected chi connectivity index (χ3v) is 2.12. The minimum absolute atomic E-state index is 0.319. The molecule has 0 bridgehead atoms. The van der Waals surface area contributed by atoms with Gasteiger partial charge in [0.2, 0.25) is 0 Å². The Hall–Kier alpha value is -1.57. The van der Waals surface area contributed by atoms with Crippen molar-refractivity contribution in [3.8, 4) is 0 Å². The highest BCUT2D eigenvalue weighted by molar-refractivity contribution is 5.86. The standard InChI is InChI=1S/C13H16O2/c1-4-11-6-5-7-12(8-11)9-15-13(14)10(2)3/h5-8H,2,4,9H2,1,3H3. The van der Waals surface area contributed by atoms with Crippen molar-refractivity contribution >= 4 is 5.97 Å². The van der Waals surface area contributed by atoms with Gasteiger partial charge in [0, 0.05) is 5.57 Å². The predicted molar refractivity (Wildman–Crippen MR) is 60.4 cm³/mol. The number of hydrogen-bond acceptors (Lipinski definition) is 2. The molecule has 0 N–H and O–H groups in total. The summed E-state index contributed by atoms with van der Waals surface area (Å²) in [5.74, 6) is -0.336. The van der Waals surface area contributed by atoms with Crippen LogP contribution in [-0.2, 0) is 22.6 Å². The van der Waals surface area contributed by atoms with Gasteiger partial charge in [0.15, 0.2) is 0 Å². The Balaban J connectivity index is 2.57. The van der Waals surface area contributed by atoms with Gasteiger partial charge in [-0.05, 0) is 24.5 Å². The molecule has 0 saturated heterocycles. The molecule has 2 heteroatoms. The Bertz CT molecular complexity index is 367. The Morgan fingerprint density at radius 1 is 1.40 bits per heavy atom. The fourth-order valence-corrected chi connectivity index (χ4v) is 1.21. The summed E-state index contributed by atoms with van der Waals surface area (Å²) >= 11 is 0. The van der Waals surface area contributed by atoms with Crippen LogP contribution in [0.1, 0.15) is 25.0 Å². The maximum absolute atomic E-state index is 11.1. The first-order chi connectivity index (χ1) is 7.13. The normalized spacial score (nSPS) is 9.73. The molecule has 80 valence electrons. The van der Waals surface area contributed by atoms with E-state index in [1.807, 2.05) is 18.2 Å². The molecule has 1 aromatic rings. The lowest BCUT2D eigenvalue weighted by atomic mass is 10.1. The molecule has 0 aliphatic heterocycles. The van der Waals surface area contributed by atoms with Crippen LogP contribution in [0.2, 0.25) is 0 Å². The summed E-state index contributed by atoms with van der Waals surface area (Å²) < 4.78 is 5.05. The van der Waals surface area contributed by atoms with Gasteiger partial charge in [-0.1, -0.05) is 37.8 Å². The molecule has 0 atom stereocenters. The van der Waals surface area contributed by atoms with Crippen molar-refractivity contribution in [2.75, 3.05) is 0 Å². The zero-order valence-electron chi connectivity index (χ0n) is 9.25. The molecular weight excluding hydrogens is 188 g/mol. The van der Waals surface area contributed by atoms with Gasteiger partial charge in [0.25, 0.3) is 0 Å². The van der Waals surface area contributed by atoms with Gasteiger partial charge in [0.05, 0.1) is 0 Å². The second-order valence-corrected chi connectivity index (χ2v) is 3.53. The quantitative estimate of drug-likeness (QED) is 0.557. The number of hydrogen-bond donors (Lipinski definition) is 0. The highest BCUT2D eigenvalue weighted by atomic mass is 16.5. The largest absolute Gasteiger partial charge is 0.457 e. The van der Waals surface area contributed by atoms with Crippen LogP contribution in [0.3, 0.4) is 0 Å². The van der Waals surface area contributed by atoms with Gasteiger partial charge in [-0.15, -0.1) is 0 Å². The molecule has 0 saturated carbocycles. The first-order valence-corrected chi connectivity index (χ1v) is 5.04. The summed E-state index contributed by atoms with van der Waals surface area (Å²) in [6, 6.07) is 8.03. The maximum atomic E-state index is 11.1. The van der Waals surface area contributed by atoms with Crippen LogP contribution in [0.25, 0.3) is 0 Å².